The summed E-state index contributed by atoms with van der Waals surface area (Å²) in [6.45, 7) is -0.473. The highest BCUT2D eigenvalue weighted by molar-refractivity contribution is 5.93. The number of anilines is 2. The first kappa shape index (κ1) is 21.2. The van der Waals surface area contributed by atoms with Gasteiger partial charge in [-0.1, -0.05) is 17.9 Å². The average Bonchev–Trinajstić information content (AvgIpc) is 3.46. The summed E-state index contributed by atoms with van der Waals surface area (Å²) in [5, 5.41) is 17.7. The van der Waals surface area contributed by atoms with Crippen molar-refractivity contribution in [1.29, 1.82) is 0 Å². The van der Waals surface area contributed by atoms with Crippen molar-refractivity contribution in [1.82, 2.24) is 19.6 Å². The first-order valence-corrected chi connectivity index (χ1v) is 10.1. The van der Waals surface area contributed by atoms with Crippen LogP contribution in [0.4, 0.5) is 29.1 Å². The first-order chi connectivity index (χ1) is 15.7. The number of alkyl halides is 3. The fourth-order valence-corrected chi connectivity index (χ4v) is 3.70. The summed E-state index contributed by atoms with van der Waals surface area (Å²) in [6.07, 6.45) is -2.88. The van der Waals surface area contributed by atoms with Crippen molar-refractivity contribution in [3.05, 3.63) is 59.7 Å². The van der Waals surface area contributed by atoms with E-state index in [0.29, 0.717) is 28.0 Å². The number of aliphatic hydroxyl groups is 1. The van der Waals surface area contributed by atoms with Crippen molar-refractivity contribution in [3.63, 3.8) is 0 Å². The molecule has 1 aliphatic rings. The average molecular weight is 455 g/mol. The van der Waals surface area contributed by atoms with E-state index in [4.69, 9.17) is 0 Å². The lowest BCUT2D eigenvalue weighted by Gasteiger charge is -2.21. The number of hydrogen-bond donors (Lipinski definition) is 1. The van der Waals surface area contributed by atoms with Crippen molar-refractivity contribution in [3.8, 4) is 11.8 Å². The lowest BCUT2D eigenvalue weighted by atomic mass is 10.1. The molecule has 10 heteroatoms. The molecule has 33 heavy (non-hydrogen) atoms. The number of aliphatic hydroxyl groups excluding tert-OH is 1. The van der Waals surface area contributed by atoms with Crippen molar-refractivity contribution in [2.75, 3.05) is 11.9 Å². The van der Waals surface area contributed by atoms with Crippen LogP contribution in [-0.2, 0) is 6.61 Å². The van der Waals surface area contributed by atoms with Crippen molar-refractivity contribution in [2.24, 2.45) is 5.41 Å². The van der Waals surface area contributed by atoms with Gasteiger partial charge in [0, 0.05) is 29.2 Å². The molecular weight excluding hydrogens is 438 g/mol. The number of benzene rings is 2. The standard InChI is InChI=1S/C23H17F4N5O/c1-31(16-4-2-3-14(9-16)5-6-22(7-8-22)23(25,26)27)20-17-11-18(24)15(12-33)10-19(17)32-13-28-30-21(32)29-20/h2-4,9-11,13,33H,7-8,12H2,1H3. The van der Waals surface area contributed by atoms with E-state index in [-0.39, 0.29) is 24.2 Å². The molecule has 0 atom stereocenters. The molecule has 6 nitrogen and oxygen atoms in total. The van der Waals surface area contributed by atoms with Crippen molar-refractivity contribution < 1.29 is 22.7 Å². The minimum Gasteiger partial charge on any atom is -0.392 e. The van der Waals surface area contributed by atoms with Gasteiger partial charge in [-0.05, 0) is 43.2 Å². The van der Waals surface area contributed by atoms with Gasteiger partial charge in [0.05, 0.1) is 12.1 Å². The Labute approximate surface area is 185 Å². The molecule has 0 spiro atoms. The molecule has 4 aromatic rings. The fourth-order valence-electron chi connectivity index (χ4n) is 3.70. The van der Waals surface area contributed by atoms with Crippen LogP contribution in [0.1, 0.15) is 24.0 Å². The normalized spacial score (nSPS) is 14.8. The molecule has 2 heterocycles. The molecule has 0 unspecified atom stereocenters. The van der Waals surface area contributed by atoms with Crippen molar-refractivity contribution >= 4 is 28.2 Å². The second kappa shape index (κ2) is 7.42. The molecule has 1 saturated carbocycles. The van der Waals surface area contributed by atoms with E-state index in [0.717, 1.165) is 0 Å². The number of rotatable bonds is 3. The minimum atomic E-state index is -4.34. The Bertz CT molecular complexity index is 1450. The third kappa shape index (κ3) is 3.54. The number of halogens is 4. The molecule has 2 aromatic heterocycles. The molecule has 168 valence electrons. The van der Waals surface area contributed by atoms with E-state index in [1.54, 1.807) is 40.6 Å². The highest BCUT2D eigenvalue weighted by atomic mass is 19.4. The van der Waals surface area contributed by atoms with Crippen LogP contribution in [0.15, 0.2) is 42.7 Å². The third-order valence-electron chi connectivity index (χ3n) is 5.86. The van der Waals surface area contributed by atoms with Gasteiger partial charge >= 0.3 is 6.18 Å². The predicted molar refractivity (Wildman–Crippen MR) is 113 cm³/mol. The van der Waals surface area contributed by atoms with E-state index in [2.05, 4.69) is 27.0 Å². The Hall–Kier alpha value is -3.71. The van der Waals surface area contributed by atoms with Gasteiger partial charge in [-0.2, -0.15) is 18.2 Å². The molecule has 1 fully saturated rings. The molecule has 0 radical (unpaired) electrons. The highest BCUT2D eigenvalue weighted by Crippen LogP contribution is 2.57. The molecule has 0 bridgehead atoms. The monoisotopic (exact) mass is 455 g/mol. The van der Waals surface area contributed by atoms with Gasteiger partial charge in [0.2, 0.25) is 0 Å². The summed E-state index contributed by atoms with van der Waals surface area (Å²) in [5.41, 5.74) is -0.213. The molecule has 0 aliphatic heterocycles. The number of nitrogens with zero attached hydrogens (tertiary/aromatic N) is 5. The minimum absolute atomic E-state index is 0.0127. The van der Waals surface area contributed by atoms with E-state index < -0.39 is 24.0 Å². The Balaban J connectivity index is 1.59. The Morgan fingerprint density at radius 1 is 1.21 bits per heavy atom. The van der Waals surface area contributed by atoms with Gasteiger partial charge < -0.3 is 10.0 Å². The van der Waals surface area contributed by atoms with Crippen LogP contribution < -0.4 is 4.90 Å². The molecular formula is C23H17F4N5O. The van der Waals surface area contributed by atoms with E-state index in [9.17, 15) is 22.7 Å². The van der Waals surface area contributed by atoms with E-state index >= 15 is 0 Å². The Morgan fingerprint density at radius 3 is 2.70 bits per heavy atom. The summed E-state index contributed by atoms with van der Waals surface area (Å²) in [7, 11) is 1.71. The van der Waals surface area contributed by atoms with Gasteiger partial charge in [-0.15, -0.1) is 10.2 Å². The third-order valence-corrected chi connectivity index (χ3v) is 5.86. The Morgan fingerprint density at radius 2 is 2.00 bits per heavy atom. The quantitative estimate of drug-likeness (QED) is 0.367. The lowest BCUT2D eigenvalue weighted by molar-refractivity contribution is -0.168. The summed E-state index contributed by atoms with van der Waals surface area (Å²) in [6, 6.07) is 9.51. The zero-order chi connectivity index (χ0) is 23.4. The van der Waals surface area contributed by atoms with Crippen LogP contribution in [-0.4, -0.2) is 37.9 Å². The maximum absolute atomic E-state index is 14.5. The molecule has 1 aliphatic carbocycles. The lowest BCUT2D eigenvalue weighted by Crippen LogP contribution is -2.22. The SMILES string of the molecule is CN(c1cccc(C#CC2(C(F)(F)F)CC2)c1)c1nc2nncn2c2cc(CO)c(F)cc12. The van der Waals surface area contributed by atoms with Gasteiger partial charge in [0.15, 0.2) is 0 Å². The fraction of sp³-hybridized carbons (Fsp3) is 0.261. The summed E-state index contributed by atoms with van der Waals surface area (Å²) in [5.74, 6) is 5.11. The summed E-state index contributed by atoms with van der Waals surface area (Å²) in [4.78, 5) is 6.17. The van der Waals surface area contributed by atoms with Crippen LogP contribution in [0.3, 0.4) is 0 Å². The topological polar surface area (TPSA) is 66.6 Å². The van der Waals surface area contributed by atoms with E-state index in [1.165, 1.54) is 18.5 Å². The summed E-state index contributed by atoms with van der Waals surface area (Å²) < 4.78 is 55.7. The highest BCUT2D eigenvalue weighted by Gasteiger charge is 2.62. The van der Waals surface area contributed by atoms with Crippen molar-refractivity contribution in [2.45, 2.75) is 25.6 Å². The second-order valence-electron chi connectivity index (χ2n) is 7.99. The second-order valence-corrected chi connectivity index (χ2v) is 7.99. The zero-order valence-corrected chi connectivity index (χ0v) is 17.4. The van der Waals surface area contributed by atoms with Gasteiger partial charge in [-0.25, -0.2) is 4.39 Å². The smallest absolute Gasteiger partial charge is 0.392 e. The molecule has 1 N–H and O–H groups in total. The van der Waals surface area contributed by atoms with Crippen LogP contribution in [0.5, 0.6) is 0 Å². The van der Waals surface area contributed by atoms with Crippen LogP contribution >= 0.6 is 0 Å². The van der Waals surface area contributed by atoms with Gasteiger partial charge in [0.25, 0.3) is 5.78 Å². The van der Waals surface area contributed by atoms with Crippen LogP contribution in [0, 0.1) is 23.1 Å². The largest absolute Gasteiger partial charge is 0.405 e. The van der Waals surface area contributed by atoms with Crippen LogP contribution in [0.25, 0.3) is 16.7 Å². The molecule has 2 aromatic carbocycles. The predicted octanol–water partition coefficient (Wildman–Crippen LogP) is 4.37. The maximum atomic E-state index is 14.5. The van der Waals surface area contributed by atoms with Gasteiger partial charge in [0.1, 0.15) is 23.4 Å². The maximum Gasteiger partial charge on any atom is 0.405 e. The van der Waals surface area contributed by atoms with E-state index in [1.807, 2.05) is 0 Å². The van der Waals surface area contributed by atoms with Gasteiger partial charge in [-0.3, -0.25) is 4.40 Å². The molecule has 0 saturated heterocycles. The molecule has 5 rings (SSSR count). The Kier molecular flexibility index (Phi) is 4.76. The van der Waals surface area contributed by atoms with Crippen LogP contribution in [0.2, 0.25) is 0 Å². The zero-order valence-electron chi connectivity index (χ0n) is 17.4. The number of hydrogen-bond acceptors (Lipinski definition) is 5. The summed E-state index contributed by atoms with van der Waals surface area (Å²) >= 11 is 0. The number of fused-ring (bicyclic) bond motifs is 3. The first-order valence-electron chi connectivity index (χ1n) is 10.1. The number of aromatic nitrogens is 4. The molecule has 0 amide bonds.